The van der Waals surface area contributed by atoms with E-state index in [4.69, 9.17) is 5.11 Å². The molecule has 0 atom stereocenters. The monoisotopic (exact) mass is 227 g/mol. The highest BCUT2D eigenvalue weighted by Gasteiger charge is 2.34. The first-order chi connectivity index (χ1) is 7.53. The Hall–Kier alpha value is -0.570. The van der Waals surface area contributed by atoms with Gasteiger partial charge in [-0.15, -0.1) is 0 Å². The van der Waals surface area contributed by atoms with E-state index < -0.39 is 0 Å². The van der Waals surface area contributed by atoms with Crippen molar-refractivity contribution in [3.8, 4) is 0 Å². The second-order valence-corrected chi connectivity index (χ2v) is 5.40. The highest BCUT2D eigenvalue weighted by molar-refractivity contribution is 5.82. The maximum Gasteiger partial charge on any atom is 0.228 e. The first kappa shape index (κ1) is 13.5. The fourth-order valence-electron chi connectivity index (χ4n) is 2.31. The lowest BCUT2D eigenvalue weighted by Crippen LogP contribution is -2.47. The smallest absolute Gasteiger partial charge is 0.228 e. The van der Waals surface area contributed by atoms with Gasteiger partial charge in [0.1, 0.15) is 0 Å². The average molecular weight is 227 g/mol. The summed E-state index contributed by atoms with van der Waals surface area (Å²) < 4.78 is 0. The number of amides is 1. The molecule has 0 aliphatic heterocycles. The number of rotatable bonds is 5. The van der Waals surface area contributed by atoms with Crippen molar-refractivity contribution in [1.82, 2.24) is 4.90 Å². The van der Waals surface area contributed by atoms with Gasteiger partial charge in [0.2, 0.25) is 5.91 Å². The molecule has 1 fully saturated rings. The quantitative estimate of drug-likeness (QED) is 0.782. The lowest BCUT2D eigenvalue weighted by molar-refractivity contribution is -0.143. The zero-order valence-electron chi connectivity index (χ0n) is 10.8. The van der Waals surface area contributed by atoms with E-state index in [9.17, 15) is 4.79 Å². The normalized spacial score (nSPS) is 17.8. The first-order valence-electron chi connectivity index (χ1n) is 6.45. The molecule has 1 rings (SSSR count). The summed E-state index contributed by atoms with van der Waals surface area (Å²) in [4.78, 5) is 14.3. The van der Waals surface area contributed by atoms with Crippen LogP contribution in [0.15, 0.2) is 0 Å². The van der Waals surface area contributed by atoms with Gasteiger partial charge in [-0.1, -0.05) is 33.6 Å². The van der Waals surface area contributed by atoms with Crippen molar-refractivity contribution < 1.29 is 9.90 Å². The molecule has 0 saturated heterocycles. The van der Waals surface area contributed by atoms with Crippen molar-refractivity contribution in [2.24, 2.45) is 5.41 Å². The Labute approximate surface area is 98.8 Å². The summed E-state index contributed by atoms with van der Waals surface area (Å²) in [5.74, 6) is 0.205. The summed E-state index contributed by atoms with van der Waals surface area (Å²) in [7, 11) is 0. The minimum Gasteiger partial charge on any atom is -0.395 e. The van der Waals surface area contributed by atoms with Gasteiger partial charge in [0, 0.05) is 18.0 Å². The van der Waals surface area contributed by atoms with Gasteiger partial charge in [-0.2, -0.15) is 0 Å². The van der Waals surface area contributed by atoms with Crippen LogP contribution in [0.2, 0.25) is 0 Å². The molecular weight excluding hydrogens is 202 g/mol. The second-order valence-electron chi connectivity index (χ2n) is 5.40. The number of carbonyl (C=O) groups is 1. The van der Waals surface area contributed by atoms with Gasteiger partial charge in [0.05, 0.1) is 6.61 Å². The van der Waals surface area contributed by atoms with Crippen LogP contribution in [-0.4, -0.2) is 35.1 Å². The molecule has 3 heteroatoms. The predicted molar refractivity (Wildman–Crippen MR) is 65.1 cm³/mol. The average Bonchev–Trinajstić information content (AvgIpc) is 2.78. The van der Waals surface area contributed by atoms with E-state index in [0.29, 0.717) is 12.6 Å². The van der Waals surface area contributed by atoms with Gasteiger partial charge in [-0.3, -0.25) is 4.79 Å². The number of aliphatic hydroxyl groups is 1. The highest BCUT2D eigenvalue weighted by atomic mass is 16.3. The van der Waals surface area contributed by atoms with Crippen molar-refractivity contribution >= 4 is 5.91 Å². The van der Waals surface area contributed by atoms with Crippen LogP contribution in [0, 0.1) is 5.41 Å². The molecule has 0 heterocycles. The van der Waals surface area contributed by atoms with Crippen LogP contribution in [0.3, 0.4) is 0 Å². The molecule has 0 aromatic heterocycles. The molecule has 0 bridgehead atoms. The van der Waals surface area contributed by atoms with Crippen molar-refractivity contribution in [1.29, 1.82) is 0 Å². The van der Waals surface area contributed by atoms with E-state index in [1.807, 2.05) is 25.7 Å². The van der Waals surface area contributed by atoms with Crippen LogP contribution in [0.5, 0.6) is 0 Å². The van der Waals surface area contributed by atoms with Gasteiger partial charge in [0.15, 0.2) is 0 Å². The van der Waals surface area contributed by atoms with E-state index in [0.717, 1.165) is 19.3 Å². The third-order valence-electron chi connectivity index (χ3n) is 3.83. The molecule has 1 saturated carbocycles. The number of nitrogens with zero attached hydrogens (tertiary/aromatic N) is 1. The van der Waals surface area contributed by atoms with E-state index in [2.05, 4.69) is 0 Å². The van der Waals surface area contributed by atoms with Gasteiger partial charge >= 0.3 is 0 Å². The molecule has 1 amide bonds. The molecule has 16 heavy (non-hydrogen) atoms. The third kappa shape index (κ3) is 2.97. The molecule has 0 radical (unpaired) electrons. The lowest BCUT2D eigenvalue weighted by Gasteiger charge is -2.35. The minimum atomic E-state index is -0.294. The van der Waals surface area contributed by atoms with Crippen LogP contribution >= 0.6 is 0 Å². The summed E-state index contributed by atoms with van der Waals surface area (Å²) in [5.41, 5.74) is -0.294. The first-order valence-corrected chi connectivity index (χ1v) is 6.45. The number of hydrogen-bond donors (Lipinski definition) is 1. The van der Waals surface area contributed by atoms with Crippen LogP contribution in [0.1, 0.15) is 52.9 Å². The molecule has 1 aliphatic rings. The molecular formula is C13H25NO2. The predicted octanol–water partition coefficient (Wildman–Crippen LogP) is 2.19. The van der Waals surface area contributed by atoms with Crippen molar-refractivity contribution in [2.45, 2.75) is 58.9 Å². The Kier molecular flexibility index (Phi) is 4.78. The summed E-state index contributed by atoms with van der Waals surface area (Å²) in [5, 5.41) is 9.09. The lowest BCUT2D eigenvalue weighted by atomic mass is 9.88. The maximum absolute atomic E-state index is 12.4. The van der Waals surface area contributed by atoms with Crippen molar-refractivity contribution in [2.75, 3.05) is 13.2 Å². The van der Waals surface area contributed by atoms with E-state index in [1.165, 1.54) is 12.8 Å². The maximum atomic E-state index is 12.4. The summed E-state index contributed by atoms with van der Waals surface area (Å²) in [6.07, 6.45) is 5.48. The molecule has 0 aromatic carbocycles. The SMILES string of the molecule is CCC(C)(C)C(=O)N(CCO)C1CCCC1. The van der Waals surface area contributed by atoms with Gasteiger partial charge in [-0.25, -0.2) is 0 Å². The number of hydrogen-bond acceptors (Lipinski definition) is 2. The zero-order valence-corrected chi connectivity index (χ0v) is 10.8. The molecule has 1 N–H and O–H groups in total. The fraction of sp³-hybridized carbons (Fsp3) is 0.923. The van der Waals surface area contributed by atoms with Crippen LogP contribution in [0.25, 0.3) is 0 Å². The van der Waals surface area contributed by atoms with Crippen LogP contribution in [0.4, 0.5) is 0 Å². The Morgan fingerprint density at radius 2 is 1.94 bits per heavy atom. The van der Waals surface area contributed by atoms with Crippen LogP contribution in [-0.2, 0) is 4.79 Å². The highest BCUT2D eigenvalue weighted by Crippen LogP contribution is 2.29. The summed E-state index contributed by atoms with van der Waals surface area (Å²) in [6.45, 7) is 6.60. The van der Waals surface area contributed by atoms with Crippen molar-refractivity contribution in [3.05, 3.63) is 0 Å². The Bertz CT molecular complexity index is 232. The zero-order chi connectivity index (χ0) is 12.2. The Morgan fingerprint density at radius 1 is 1.38 bits per heavy atom. The topological polar surface area (TPSA) is 40.5 Å². The van der Waals surface area contributed by atoms with Gasteiger partial charge < -0.3 is 10.0 Å². The summed E-state index contributed by atoms with van der Waals surface area (Å²) >= 11 is 0. The number of carbonyl (C=O) groups excluding carboxylic acids is 1. The molecule has 94 valence electrons. The molecule has 0 spiro atoms. The van der Waals surface area contributed by atoms with E-state index in [-0.39, 0.29) is 17.9 Å². The van der Waals surface area contributed by atoms with Crippen LogP contribution < -0.4 is 0 Å². The molecule has 1 aliphatic carbocycles. The molecule has 0 aromatic rings. The largest absolute Gasteiger partial charge is 0.395 e. The third-order valence-corrected chi connectivity index (χ3v) is 3.83. The molecule has 3 nitrogen and oxygen atoms in total. The van der Waals surface area contributed by atoms with E-state index >= 15 is 0 Å². The van der Waals surface area contributed by atoms with Crippen molar-refractivity contribution in [3.63, 3.8) is 0 Å². The number of aliphatic hydroxyl groups excluding tert-OH is 1. The van der Waals surface area contributed by atoms with Gasteiger partial charge in [0.25, 0.3) is 0 Å². The summed E-state index contributed by atoms with van der Waals surface area (Å²) in [6, 6.07) is 0.366. The van der Waals surface area contributed by atoms with Gasteiger partial charge in [-0.05, 0) is 19.3 Å². The Morgan fingerprint density at radius 3 is 2.38 bits per heavy atom. The standard InChI is InChI=1S/C13H25NO2/c1-4-13(2,3)12(16)14(9-10-15)11-7-5-6-8-11/h11,15H,4-10H2,1-3H3. The Balaban J connectivity index is 2.72. The fourth-order valence-corrected chi connectivity index (χ4v) is 2.31. The molecule has 0 unspecified atom stereocenters. The van der Waals surface area contributed by atoms with E-state index in [1.54, 1.807) is 0 Å². The second kappa shape index (κ2) is 5.67. The minimum absolute atomic E-state index is 0.0715.